The van der Waals surface area contributed by atoms with E-state index in [1.807, 2.05) is 94.2 Å². The van der Waals surface area contributed by atoms with Gasteiger partial charge in [-0.15, -0.1) is 11.3 Å². The molecule has 9 heteroatoms. The van der Waals surface area contributed by atoms with Gasteiger partial charge < -0.3 is 14.4 Å². The van der Waals surface area contributed by atoms with E-state index in [-0.39, 0.29) is 0 Å². The number of rotatable bonds is 6. The van der Waals surface area contributed by atoms with E-state index in [1.165, 1.54) is 11.3 Å². The van der Waals surface area contributed by atoms with E-state index >= 15 is 0 Å². The van der Waals surface area contributed by atoms with Crippen LogP contribution in [-0.2, 0) is 16.6 Å². The van der Waals surface area contributed by atoms with Crippen molar-refractivity contribution < 1.29 is 14.6 Å². The Kier molecular flexibility index (Phi) is 7.32. The Morgan fingerprint density at radius 1 is 1.00 bits per heavy atom. The molecule has 1 N–H and O–H groups in total. The second-order valence-electron chi connectivity index (χ2n) is 11.8. The maximum absolute atomic E-state index is 12.6. The van der Waals surface area contributed by atoms with E-state index in [9.17, 15) is 9.90 Å². The van der Waals surface area contributed by atoms with Gasteiger partial charge in [-0.3, -0.25) is 4.98 Å². The lowest BCUT2D eigenvalue weighted by atomic mass is 9.91. The molecule has 2 aliphatic rings. The highest BCUT2D eigenvalue weighted by Gasteiger charge is 2.32. The van der Waals surface area contributed by atoms with Crippen LogP contribution < -0.4 is 0 Å². The van der Waals surface area contributed by atoms with E-state index in [0.29, 0.717) is 10.6 Å². The largest absolute Gasteiger partial charge is 0.479 e. The second kappa shape index (κ2) is 10.9. The first kappa shape index (κ1) is 29.0. The zero-order valence-corrected chi connectivity index (χ0v) is 26.3. The number of benzene rings is 2. The summed E-state index contributed by atoms with van der Waals surface area (Å²) in [7, 11) is 1.99. The molecule has 0 fully saturated rings. The summed E-state index contributed by atoms with van der Waals surface area (Å²) >= 11 is 7.77. The Morgan fingerprint density at radius 3 is 2.44 bits per heavy atom. The summed E-state index contributed by atoms with van der Waals surface area (Å²) in [6.45, 7) is 9.55. The van der Waals surface area contributed by atoms with Crippen LogP contribution in [0.25, 0.3) is 54.6 Å². The lowest BCUT2D eigenvalue weighted by Gasteiger charge is -2.28. The highest BCUT2D eigenvalue weighted by molar-refractivity contribution is 7.22. The number of thiazole rings is 1. The molecule has 218 valence electrons. The average Bonchev–Trinajstić information content (AvgIpc) is 3.55. The van der Waals surface area contributed by atoms with Crippen molar-refractivity contribution in [1.82, 2.24) is 19.5 Å². The van der Waals surface area contributed by atoms with E-state index < -0.39 is 17.7 Å². The molecule has 0 spiro atoms. The zero-order valence-electron chi connectivity index (χ0n) is 24.8. The molecule has 2 aromatic carbocycles. The van der Waals surface area contributed by atoms with Gasteiger partial charge in [0.15, 0.2) is 6.10 Å². The highest BCUT2D eigenvalue weighted by Crippen LogP contribution is 2.44. The predicted molar refractivity (Wildman–Crippen MR) is 173 cm³/mol. The molecular weight excluding hydrogens is 580 g/mol. The van der Waals surface area contributed by atoms with Crippen LogP contribution in [0.15, 0.2) is 67.1 Å². The monoisotopic (exact) mass is 610 g/mol. The molecule has 0 saturated heterocycles. The summed E-state index contributed by atoms with van der Waals surface area (Å²) in [4.78, 5) is 26.9. The molecule has 2 aromatic heterocycles. The minimum Gasteiger partial charge on any atom is -0.479 e. The van der Waals surface area contributed by atoms with Crippen molar-refractivity contribution in [2.24, 2.45) is 7.05 Å². The van der Waals surface area contributed by atoms with E-state index in [1.54, 1.807) is 6.20 Å². The van der Waals surface area contributed by atoms with Crippen molar-refractivity contribution in [3.8, 4) is 44.3 Å². The molecule has 4 aromatic rings. The molecule has 7 nitrogen and oxygen atoms in total. The summed E-state index contributed by atoms with van der Waals surface area (Å²) in [6, 6.07) is 15.5. The number of carboxylic acids is 1. The lowest BCUT2D eigenvalue weighted by molar-refractivity contribution is -0.160. The molecule has 2 aliphatic heterocycles. The number of nitrogens with zero attached hydrogens (tertiary/aromatic N) is 4. The van der Waals surface area contributed by atoms with Crippen LogP contribution in [0.1, 0.15) is 43.6 Å². The Balaban J connectivity index is 1.54. The fourth-order valence-electron chi connectivity index (χ4n) is 5.42. The fourth-order valence-corrected chi connectivity index (χ4v) is 6.67. The summed E-state index contributed by atoms with van der Waals surface area (Å²) in [5, 5.41) is 11.8. The second-order valence-corrected chi connectivity index (χ2v) is 13.2. The van der Waals surface area contributed by atoms with Gasteiger partial charge in [0.1, 0.15) is 10.8 Å². The summed E-state index contributed by atoms with van der Waals surface area (Å²) < 4.78 is 9.04. The minimum absolute atomic E-state index is 0.601. The first-order valence-corrected chi connectivity index (χ1v) is 15.1. The Labute approximate surface area is 259 Å². The highest BCUT2D eigenvalue weighted by atomic mass is 35.5. The normalized spacial score (nSPS) is 12.7. The number of pyridine rings is 2. The van der Waals surface area contributed by atoms with Gasteiger partial charge in [0.25, 0.3) is 0 Å². The van der Waals surface area contributed by atoms with E-state index in [2.05, 4.69) is 23.0 Å². The number of halogens is 1. The van der Waals surface area contributed by atoms with Gasteiger partial charge in [-0.1, -0.05) is 23.7 Å². The van der Waals surface area contributed by atoms with Gasteiger partial charge in [0.05, 0.1) is 21.5 Å². The number of aromatic nitrogens is 4. The topological polar surface area (TPSA) is 90.1 Å². The molecule has 43 heavy (non-hydrogen) atoms. The predicted octanol–water partition coefficient (Wildman–Crippen LogP) is 8.74. The van der Waals surface area contributed by atoms with Gasteiger partial charge in [0, 0.05) is 58.5 Å². The fraction of sp³-hybridized carbons (Fsp3) is 0.235. The van der Waals surface area contributed by atoms with Crippen LogP contribution in [-0.4, -0.2) is 36.2 Å². The van der Waals surface area contributed by atoms with E-state index in [0.717, 1.165) is 65.7 Å². The summed E-state index contributed by atoms with van der Waals surface area (Å²) in [5.41, 5.74) is 8.10. The number of carboxylic acid groups (broad SMARTS) is 1. The number of aliphatic carboxylic acids is 1. The van der Waals surface area contributed by atoms with Gasteiger partial charge >= 0.3 is 5.97 Å². The number of fused-ring (bicyclic) bond motifs is 2. The van der Waals surface area contributed by atoms with Crippen LogP contribution >= 0.6 is 22.9 Å². The Hall–Kier alpha value is -4.11. The molecule has 1 atom stereocenters. The van der Waals surface area contributed by atoms with Gasteiger partial charge in [-0.05, 0) is 87.7 Å². The number of hydrogen-bond donors (Lipinski definition) is 1. The van der Waals surface area contributed by atoms with Crippen molar-refractivity contribution in [2.45, 2.75) is 46.3 Å². The number of ether oxygens (including phenoxy) is 1. The van der Waals surface area contributed by atoms with Crippen LogP contribution in [0.4, 0.5) is 0 Å². The maximum Gasteiger partial charge on any atom is 0.337 e. The third kappa shape index (κ3) is 5.54. The summed E-state index contributed by atoms with van der Waals surface area (Å²) in [5.74, 6) is -0.115. The minimum atomic E-state index is -1.17. The molecule has 6 rings (SSSR count). The molecule has 1 unspecified atom stereocenters. The molecule has 0 amide bonds. The number of aryl methyl sites for hydroxylation is 3. The van der Waals surface area contributed by atoms with Crippen LogP contribution in [0.2, 0.25) is 5.02 Å². The van der Waals surface area contributed by atoms with Gasteiger partial charge in [0.2, 0.25) is 0 Å². The third-order valence-corrected chi connectivity index (χ3v) is 8.72. The summed E-state index contributed by atoms with van der Waals surface area (Å²) in [6.07, 6.45) is 4.55. The first-order chi connectivity index (χ1) is 20.4. The van der Waals surface area contributed by atoms with Crippen molar-refractivity contribution in [3.63, 3.8) is 0 Å². The molecule has 0 radical (unpaired) electrons. The Bertz CT molecular complexity index is 1970. The first-order valence-electron chi connectivity index (χ1n) is 13.9. The van der Waals surface area contributed by atoms with E-state index in [4.69, 9.17) is 21.3 Å². The zero-order chi connectivity index (χ0) is 30.6. The molecular formula is C34H31ClN4O3S. The molecule has 0 aliphatic carbocycles. The van der Waals surface area contributed by atoms with Crippen molar-refractivity contribution in [3.05, 3.63) is 88.8 Å². The molecule has 0 saturated carbocycles. The van der Waals surface area contributed by atoms with Gasteiger partial charge in [-0.2, -0.15) is 0 Å². The molecule has 4 heterocycles. The number of carbonyl (C=O) groups is 1. The third-order valence-electron chi connectivity index (χ3n) is 7.33. The van der Waals surface area contributed by atoms with Crippen LogP contribution in [0.3, 0.4) is 0 Å². The van der Waals surface area contributed by atoms with Crippen LogP contribution in [0.5, 0.6) is 0 Å². The maximum atomic E-state index is 12.6. The van der Waals surface area contributed by atoms with Gasteiger partial charge in [-0.25, -0.2) is 14.8 Å². The molecule has 0 bridgehead atoms. The quantitative estimate of drug-likeness (QED) is 0.203. The van der Waals surface area contributed by atoms with Crippen LogP contribution in [0, 0.1) is 13.8 Å². The van der Waals surface area contributed by atoms with Crippen molar-refractivity contribution >= 4 is 39.1 Å². The lowest BCUT2D eigenvalue weighted by Crippen LogP contribution is -2.28. The SMILES string of the molecule is Cc1cnc2n(C)cc(-c3cc(-c4nc5cc(C)c(C(OC(C)(C)C)C(=O)O)c(-c6ccc(Cl)cc6)c5s4)ccn3)cc1-2. The number of hydrogen-bond acceptors (Lipinski definition) is 6. The van der Waals surface area contributed by atoms with Crippen molar-refractivity contribution in [1.29, 1.82) is 0 Å². The standard InChI is InChI=1S/C34H31ClN4O3S/c1-18-13-26-30(28(20-7-9-23(35)10-8-20)27(18)29(33(40)41)42-34(3,4)5)43-32(38-26)21-11-12-36-25(15-21)22-14-24-19(2)16-37-31(24)39(6)17-22/h7-17,29H,1-6H3,(H,40,41). The average molecular weight is 611 g/mol. The Morgan fingerprint density at radius 2 is 1.74 bits per heavy atom. The smallest absolute Gasteiger partial charge is 0.337 e. The van der Waals surface area contributed by atoms with Crippen molar-refractivity contribution in [2.75, 3.05) is 0 Å².